The molecular formula is C15H18O4. The van der Waals surface area contributed by atoms with Crippen molar-refractivity contribution >= 4 is 6.16 Å². The largest absolute Gasteiger partial charge is 0.509 e. The molecule has 1 aromatic rings. The number of carbonyl (C=O) groups excluding carboxylic acids is 1. The molecule has 0 fully saturated rings. The van der Waals surface area contributed by atoms with E-state index in [0.717, 1.165) is 5.56 Å². The third kappa shape index (κ3) is 5.02. The van der Waals surface area contributed by atoms with Gasteiger partial charge in [0.25, 0.3) is 0 Å². The normalized spacial score (nSPS) is 12.0. The molecular weight excluding hydrogens is 244 g/mol. The van der Waals surface area contributed by atoms with Crippen molar-refractivity contribution in [1.82, 2.24) is 0 Å². The summed E-state index contributed by atoms with van der Waals surface area (Å²) in [7, 11) is 1.25. The Morgan fingerprint density at radius 1 is 1.37 bits per heavy atom. The molecule has 0 aromatic heterocycles. The van der Waals surface area contributed by atoms with Crippen LogP contribution in [0.2, 0.25) is 0 Å². The zero-order valence-corrected chi connectivity index (χ0v) is 11.3. The maximum Gasteiger partial charge on any atom is 0.509 e. The van der Waals surface area contributed by atoms with E-state index in [-0.39, 0.29) is 6.61 Å². The van der Waals surface area contributed by atoms with Gasteiger partial charge in [-0.05, 0) is 13.8 Å². The van der Waals surface area contributed by atoms with Crippen LogP contribution >= 0.6 is 0 Å². The molecule has 19 heavy (non-hydrogen) atoms. The second-order valence-electron chi connectivity index (χ2n) is 4.67. The van der Waals surface area contributed by atoms with Gasteiger partial charge in [-0.25, -0.2) is 4.79 Å². The molecule has 4 nitrogen and oxygen atoms in total. The van der Waals surface area contributed by atoms with E-state index in [0.29, 0.717) is 0 Å². The summed E-state index contributed by atoms with van der Waals surface area (Å²) in [6, 6.07) is 9.16. The van der Waals surface area contributed by atoms with E-state index >= 15 is 0 Å². The smallest absolute Gasteiger partial charge is 0.438 e. The Morgan fingerprint density at radius 3 is 2.53 bits per heavy atom. The second kappa shape index (κ2) is 6.81. The topological polar surface area (TPSA) is 55.8 Å². The van der Waals surface area contributed by atoms with E-state index in [1.807, 2.05) is 30.3 Å². The molecule has 1 unspecified atom stereocenters. The first-order valence-corrected chi connectivity index (χ1v) is 5.91. The van der Waals surface area contributed by atoms with Gasteiger partial charge in [0.1, 0.15) is 0 Å². The van der Waals surface area contributed by atoms with Gasteiger partial charge in [0.2, 0.25) is 0 Å². The Morgan fingerprint density at radius 2 is 2.00 bits per heavy atom. The van der Waals surface area contributed by atoms with Crippen LogP contribution in [0.5, 0.6) is 0 Å². The number of hydrogen-bond donors (Lipinski definition) is 1. The number of aliphatic hydroxyl groups is 1. The molecule has 0 saturated carbocycles. The fourth-order valence-corrected chi connectivity index (χ4v) is 1.25. The number of benzene rings is 1. The van der Waals surface area contributed by atoms with Crippen molar-refractivity contribution in [3.05, 3.63) is 35.9 Å². The molecule has 0 saturated heterocycles. The maximum absolute atomic E-state index is 11.2. The van der Waals surface area contributed by atoms with E-state index in [1.165, 1.54) is 7.11 Å². The minimum Gasteiger partial charge on any atom is -0.438 e. The fourth-order valence-electron chi connectivity index (χ4n) is 1.25. The van der Waals surface area contributed by atoms with Crippen LogP contribution in [-0.4, -0.2) is 25.0 Å². The van der Waals surface area contributed by atoms with Crippen LogP contribution in [0.4, 0.5) is 4.79 Å². The van der Waals surface area contributed by atoms with Crippen LogP contribution in [0.3, 0.4) is 0 Å². The van der Waals surface area contributed by atoms with Crippen LogP contribution in [-0.2, 0) is 9.47 Å². The lowest BCUT2D eigenvalue weighted by Crippen LogP contribution is -2.15. The molecule has 0 radical (unpaired) electrons. The number of ether oxygens (including phenoxy) is 2. The number of rotatable bonds is 3. The van der Waals surface area contributed by atoms with Crippen LogP contribution in [0, 0.1) is 17.3 Å². The highest BCUT2D eigenvalue weighted by Crippen LogP contribution is 2.19. The lowest BCUT2D eigenvalue weighted by atomic mass is 9.95. The summed E-state index contributed by atoms with van der Waals surface area (Å²) in [5.74, 6) is 5.76. The number of hydrogen-bond acceptors (Lipinski definition) is 4. The van der Waals surface area contributed by atoms with Crippen LogP contribution in [0.25, 0.3) is 0 Å². The third-order valence-corrected chi connectivity index (χ3v) is 2.42. The first-order valence-electron chi connectivity index (χ1n) is 5.91. The SMILES string of the molecule is COC(=O)OC(C#CC(C)(C)CO)c1ccccc1. The van der Waals surface area contributed by atoms with Crippen LogP contribution in [0.15, 0.2) is 30.3 Å². The van der Waals surface area contributed by atoms with Gasteiger partial charge >= 0.3 is 6.16 Å². The van der Waals surface area contributed by atoms with Gasteiger partial charge in [-0.1, -0.05) is 42.2 Å². The van der Waals surface area contributed by atoms with E-state index in [4.69, 9.17) is 4.74 Å². The van der Waals surface area contributed by atoms with Crippen molar-refractivity contribution in [2.75, 3.05) is 13.7 Å². The summed E-state index contributed by atoms with van der Waals surface area (Å²) in [6.07, 6.45) is -1.50. The molecule has 1 aromatic carbocycles. The Kier molecular flexibility index (Phi) is 5.40. The third-order valence-electron chi connectivity index (χ3n) is 2.42. The minimum absolute atomic E-state index is 0.0697. The minimum atomic E-state index is -0.787. The average molecular weight is 262 g/mol. The molecule has 0 bridgehead atoms. The van der Waals surface area contributed by atoms with Crippen molar-refractivity contribution < 1.29 is 19.4 Å². The summed E-state index contributed by atoms with van der Waals surface area (Å²) in [6.45, 7) is 3.54. The first kappa shape index (κ1) is 15.1. The van der Waals surface area contributed by atoms with Crippen molar-refractivity contribution in [2.45, 2.75) is 20.0 Å². The summed E-state index contributed by atoms with van der Waals surface area (Å²) < 4.78 is 9.59. The average Bonchev–Trinajstić information content (AvgIpc) is 2.44. The maximum atomic E-state index is 11.2. The summed E-state index contributed by atoms with van der Waals surface area (Å²) in [5, 5.41) is 9.17. The predicted octanol–water partition coefficient (Wildman–Crippen LogP) is 2.53. The summed E-state index contributed by atoms with van der Waals surface area (Å²) in [4.78, 5) is 11.2. The van der Waals surface area contributed by atoms with E-state index in [1.54, 1.807) is 13.8 Å². The second-order valence-corrected chi connectivity index (χ2v) is 4.67. The van der Waals surface area contributed by atoms with Gasteiger partial charge in [0.15, 0.2) is 6.10 Å². The Labute approximate surface area is 113 Å². The van der Waals surface area contributed by atoms with Gasteiger partial charge in [-0.2, -0.15) is 0 Å². The summed E-state index contributed by atoms with van der Waals surface area (Å²) >= 11 is 0. The lowest BCUT2D eigenvalue weighted by molar-refractivity contribution is 0.0548. The molecule has 0 aliphatic carbocycles. The van der Waals surface area contributed by atoms with Crippen molar-refractivity contribution in [1.29, 1.82) is 0 Å². The number of aliphatic hydroxyl groups excluding tert-OH is 1. The lowest BCUT2D eigenvalue weighted by Gasteiger charge is -2.15. The van der Waals surface area contributed by atoms with Gasteiger partial charge in [0, 0.05) is 11.0 Å². The Hall–Kier alpha value is -1.99. The molecule has 4 heteroatoms. The van der Waals surface area contributed by atoms with Crippen molar-refractivity contribution in [3.63, 3.8) is 0 Å². The number of methoxy groups -OCH3 is 1. The summed E-state index contributed by atoms with van der Waals surface area (Å²) in [5.41, 5.74) is 0.209. The number of carbonyl (C=O) groups is 1. The molecule has 102 valence electrons. The Bertz CT molecular complexity index is 468. The monoisotopic (exact) mass is 262 g/mol. The zero-order valence-electron chi connectivity index (χ0n) is 11.3. The highest BCUT2D eigenvalue weighted by Gasteiger charge is 2.17. The van der Waals surface area contributed by atoms with Crippen molar-refractivity contribution in [3.8, 4) is 11.8 Å². The highest BCUT2D eigenvalue weighted by atomic mass is 16.7. The van der Waals surface area contributed by atoms with Crippen LogP contribution < -0.4 is 0 Å². The van der Waals surface area contributed by atoms with Gasteiger partial charge < -0.3 is 14.6 Å². The molecule has 0 amide bonds. The van der Waals surface area contributed by atoms with Gasteiger partial charge in [-0.3, -0.25) is 0 Å². The zero-order chi connectivity index (χ0) is 14.3. The van der Waals surface area contributed by atoms with Crippen molar-refractivity contribution in [2.24, 2.45) is 5.41 Å². The van der Waals surface area contributed by atoms with E-state index < -0.39 is 17.7 Å². The molecule has 0 aliphatic rings. The van der Waals surface area contributed by atoms with Gasteiger partial charge in [-0.15, -0.1) is 0 Å². The van der Waals surface area contributed by atoms with E-state index in [9.17, 15) is 9.90 Å². The highest BCUT2D eigenvalue weighted by molar-refractivity contribution is 5.60. The Balaban J connectivity index is 2.97. The quantitative estimate of drug-likeness (QED) is 0.672. The van der Waals surface area contributed by atoms with Gasteiger partial charge in [0.05, 0.1) is 13.7 Å². The first-order chi connectivity index (χ1) is 8.98. The fraction of sp³-hybridized carbons (Fsp3) is 0.400. The molecule has 0 aliphatic heterocycles. The molecule has 0 spiro atoms. The predicted molar refractivity (Wildman–Crippen MR) is 71.3 cm³/mol. The molecule has 1 rings (SSSR count). The molecule has 1 N–H and O–H groups in total. The molecule has 0 heterocycles. The standard InChI is InChI=1S/C15H18O4/c1-15(2,11-16)10-9-13(19-14(17)18-3)12-7-5-4-6-8-12/h4-8,13,16H,11H2,1-3H3. The van der Waals surface area contributed by atoms with Crippen LogP contribution in [0.1, 0.15) is 25.5 Å². The van der Waals surface area contributed by atoms with E-state index in [2.05, 4.69) is 16.6 Å². The molecule has 1 atom stereocenters.